The fourth-order valence-corrected chi connectivity index (χ4v) is 3.49. The van der Waals surface area contributed by atoms with Crippen LogP contribution in [0.25, 0.3) is 0 Å². The fraction of sp³-hybridized carbons (Fsp3) is 0.294. The number of rotatable bonds is 2. The first-order valence-corrected chi connectivity index (χ1v) is 7.67. The minimum absolute atomic E-state index is 0.116. The van der Waals surface area contributed by atoms with E-state index in [1.807, 2.05) is 24.3 Å². The number of aromatic nitrogens is 2. The second-order valence-electron chi connectivity index (χ2n) is 5.87. The third kappa shape index (κ3) is 2.10. The summed E-state index contributed by atoms with van der Waals surface area (Å²) in [4.78, 5) is 24.8. The Bertz CT molecular complexity index is 858. The molecular weight excluding hydrogens is 294 g/mol. The van der Waals surface area contributed by atoms with Gasteiger partial charge in [-0.1, -0.05) is 12.1 Å². The molecule has 23 heavy (non-hydrogen) atoms. The lowest BCUT2D eigenvalue weighted by atomic mass is 9.77. The minimum atomic E-state index is -0.338. The van der Waals surface area contributed by atoms with Crippen molar-refractivity contribution in [1.82, 2.24) is 10.2 Å². The highest BCUT2D eigenvalue weighted by atomic mass is 16.5. The molecule has 1 aromatic carbocycles. The predicted octanol–water partition coefficient (Wildman–Crippen LogP) is 2.28. The van der Waals surface area contributed by atoms with E-state index in [1.54, 1.807) is 7.11 Å². The molecule has 2 aliphatic rings. The first-order chi connectivity index (χ1) is 11.2. The monoisotopic (exact) mass is 311 g/mol. The Morgan fingerprint density at radius 2 is 1.87 bits per heavy atom. The van der Waals surface area contributed by atoms with Gasteiger partial charge >= 0.3 is 0 Å². The molecule has 0 amide bonds. The second kappa shape index (κ2) is 5.15. The van der Waals surface area contributed by atoms with Gasteiger partial charge in [-0.2, -0.15) is 0 Å². The number of H-pyrrole nitrogens is 2. The van der Waals surface area contributed by atoms with Gasteiger partial charge in [0.05, 0.1) is 12.7 Å². The van der Waals surface area contributed by atoms with E-state index in [9.17, 15) is 9.59 Å². The lowest BCUT2D eigenvalue weighted by molar-refractivity contribution is -0.116. The molecule has 3 N–H and O–H groups in total. The van der Waals surface area contributed by atoms with E-state index in [0.717, 1.165) is 35.4 Å². The molecule has 0 unspecified atom stereocenters. The zero-order valence-electron chi connectivity index (χ0n) is 12.7. The molecule has 1 aliphatic heterocycles. The van der Waals surface area contributed by atoms with Crippen LogP contribution in [0.2, 0.25) is 0 Å². The van der Waals surface area contributed by atoms with Crippen LogP contribution in [0.15, 0.2) is 40.3 Å². The molecular formula is C17H17N3O3. The van der Waals surface area contributed by atoms with Crippen molar-refractivity contribution in [1.29, 1.82) is 0 Å². The number of nitrogens with one attached hydrogen (secondary N) is 3. The highest BCUT2D eigenvalue weighted by Gasteiger charge is 2.37. The number of anilines is 1. The summed E-state index contributed by atoms with van der Waals surface area (Å²) in [5.74, 6) is 1.18. The summed E-state index contributed by atoms with van der Waals surface area (Å²) < 4.78 is 5.20. The van der Waals surface area contributed by atoms with Gasteiger partial charge < -0.3 is 10.1 Å². The number of carbonyl (C=O) groups excluding carboxylic acids is 1. The molecule has 1 aromatic heterocycles. The second-order valence-corrected chi connectivity index (χ2v) is 5.87. The number of hydrogen-bond acceptors (Lipinski definition) is 4. The molecule has 1 atom stereocenters. The summed E-state index contributed by atoms with van der Waals surface area (Å²) in [5.41, 5.74) is 2.94. The lowest BCUT2D eigenvalue weighted by Crippen LogP contribution is -2.29. The summed E-state index contributed by atoms with van der Waals surface area (Å²) >= 11 is 0. The molecule has 118 valence electrons. The maximum Gasteiger partial charge on any atom is 0.270 e. The quantitative estimate of drug-likeness (QED) is 0.794. The third-order valence-corrected chi connectivity index (χ3v) is 4.57. The van der Waals surface area contributed by atoms with Crippen LogP contribution in [0.3, 0.4) is 0 Å². The van der Waals surface area contributed by atoms with Crippen molar-refractivity contribution in [3.05, 3.63) is 57.0 Å². The lowest BCUT2D eigenvalue weighted by Gasteiger charge is -2.31. The first-order valence-electron chi connectivity index (χ1n) is 7.67. The van der Waals surface area contributed by atoms with Crippen LogP contribution in [0.4, 0.5) is 5.82 Å². The Balaban J connectivity index is 1.92. The molecule has 0 saturated carbocycles. The number of Topliss-reactive ketones (excluding diaryl/α,β-unsaturated/α-hetero) is 1. The Morgan fingerprint density at radius 1 is 1.09 bits per heavy atom. The number of carbonyl (C=O) groups is 1. The van der Waals surface area contributed by atoms with E-state index >= 15 is 0 Å². The number of aromatic amines is 2. The Kier molecular flexibility index (Phi) is 3.11. The van der Waals surface area contributed by atoms with E-state index in [2.05, 4.69) is 15.5 Å². The van der Waals surface area contributed by atoms with Crippen LogP contribution in [-0.4, -0.2) is 23.1 Å². The summed E-state index contributed by atoms with van der Waals surface area (Å²) in [6, 6.07) is 7.53. The zero-order chi connectivity index (χ0) is 16.0. The SMILES string of the molecule is COc1ccc([C@H]2C3=C(CCCC3=O)Nc3[nH][nH]c(=O)c32)cc1. The van der Waals surface area contributed by atoms with Crippen molar-refractivity contribution >= 4 is 11.6 Å². The average Bonchev–Trinajstić information content (AvgIpc) is 2.94. The van der Waals surface area contributed by atoms with Gasteiger partial charge in [-0.3, -0.25) is 19.8 Å². The molecule has 6 nitrogen and oxygen atoms in total. The summed E-state index contributed by atoms with van der Waals surface area (Å²) in [6.07, 6.45) is 2.19. The van der Waals surface area contributed by atoms with Crippen molar-refractivity contribution < 1.29 is 9.53 Å². The van der Waals surface area contributed by atoms with E-state index in [-0.39, 0.29) is 17.3 Å². The Labute approximate surface area is 132 Å². The van der Waals surface area contributed by atoms with Gasteiger partial charge in [0.25, 0.3) is 5.56 Å². The maximum absolute atomic E-state index is 12.5. The van der Waals surface area contributed by atoms with Gasteiger partial charge in [0.2, 0.25) is 0 Å². The van der Waals surface area contributed by atoms with Gasteiger partial charge in [0.1, 0.15) is 11.6 Å². The molecule has 0 radical (unpaired) electrons. The molecule has 6 heteroatoms. The van der Waals surface area contributed by atoms with Crippen molar-refractivity contribution in [3.8, 4) is 5.75 Å². The van der Waals surface area contributed by atoms with Crippen LogP contribution < -0.4 is 15.6 Å². The number of benzene rings is 1. The van der Waals surface area contributed by atoms with Gasteiger partial charge in [0.15, 0.2) is 5.78 Å². The standard InChI is InChI=1S/C17H17N3O3/c1-23-10-7-5-9(6-8-10)13-14-11(3-2-4-12(14)21)18-16-15(13)17(22)20-19-16/h5-8,13H,2-4H2,1H3,(H3,18,19,20,22)/t13-/m0/s1. The number of ether oxygens (including phenoxy) is 1. The summed E-state index contributed by atoms with van der Waals surface area (Å²) in [6.45, 7) is 0. The van der Waals surface area contributed by atoms with Gasteiger partial charge in [-0.25, -0.2) is 0 Å². The first kappa shape index (κ1) is 13.9. The highest BCUT2D eigenvalue weighted by molar-refractivity contribution is 6.00. The molecule has 0 fully saturated rings. The molecule has 2 aromatic rings. The molecule has 0 saturated heterocycles. The van der Waals surface area contributed by atoms with Gasteiger partial charge in [-0.15, -0.1) is 0 Å². The van der Waals surface area contributed by atoms with Gasteiger partial charge in [-0.05, 0) is 30.5 Å². The van der Waals surface area contributed by atoms with Crippen LogP contribution >= 0.6 is 0 Å². The topological polar surface area (TPSA) is 87.0 Å². The number of fused-ring (bicyclic) bond motifs is 1. The fourth-order valence-electron chi connectivity index (χ4n) is 3.49. The van der Waals surface area contributed by atoms with Crippen molar-refractivity contribution in [2.45, 2.75) is 25.2 Å². The van der Waals surface area contributed by atoms with E-state index in [1.165, 1.54) is 0 Å². The van der Waals surface area contributed by atoms with Crippen LogP contribution in [0, 0.1) is 0 Å². The maximum atomic E-state index is 12.5. The van der Waals surface area contributed by atoms with E-state index in [4.69, 9.17) is 4.74 Å². The smallest absolute Gasteiger partial charge is 0.270 e. The third-order valence-electron chi connectivity index (χ3n) is 4.57. The number of ketones is 1. The predicted molar refractivity (Wildman–Crippen MR) is 85.8 cm³/mol. The molecule has 1 aliphatic carbocycles. The van der Waals surface area contributed by atoms with Crippen LogP contribution in [-0.2, 0) is 4.79 Å². The Hall–Kier alpha value is -2.76. The largest absolute Gasteiger partial charge is 0.497 e. The van der Waals surface area contributed by atoms with E-state index in [0.29, 0.717) is 17.8 Å². The molecule has 0 bridgehead atoms. The van der Waals surface area contributed by atoms with Crippen molar-refractivity contribution in [2.75, 3.05) is 12.4 Å². The van der Waals surface area contributed by atoms with Crippen LogP contribution in [0.5, 0.6) is 5.75 Å². The average molecular weight is 311 g/mol. The highest BCUT2D eigenvalue weighted by Crippen LogP contribution is 2.43. The number of allylic oxidation sites excluding steroid dienone is 2. The zero-order valence-corrected chi connectivity index (χ0v) is 12.7. The molecule has 2 heterocycles. The van der Waals surface area contributed by atoms with Crippen molar-refractivity contribution in [2.24, 2.45) is 0 Å². The van der Waals surface area contributed by atoms with Crippen molar-refractivity contribution in [3.63, 3.8) is 0 Å². The summed E-state index contributed by atoms with van der Waals surface area (Å²) in [5, 5.41) is 8.72. The molecule has 4 rings (SSSR count). The summed E-state index contributed by atoms with van der Waals surface area (Å²) in [7, 11) is 1.61. The molecule has 0 spiro atoms. The number of methoxy groups -OCH3 is 1. The minimum Gasteiger partial charge on any atom is -0.497 e. The van der Waals surface area contributed by atoms with E-state index < -0.39 is 0 Å². The normalized spacial score (nSPS) is 19.9. The number of hydrogen-bond donors (Lipinski definition) is 3. The van der Waals surface area contributed by atoms with Gasteiger partial charge in [0, 0.05) is 23.6 Å². The Morgan fingerprint density at radius 3 is 2.61 bits per heavy atom. The van der Waals surface area contributed by atoms with Crippen LogP contribution in [0.1, 0.15) is 36.3 Å².